The van der Waals surface area contributed by atoms with Crippen LogP contribution in [-0.4, -0.2) is 147 Å². The van der Waals surface area contributed by atoms with Crippen LogP contribution in [0.5, 0.6) is 5.75 Å². The highest BCUT2D eigenvalue weighted by Crippen LogP contribution is 2.49. The van der Waals surface area contributed by atoms with Gasteiger partial charge in [0.25, 0.3) is 10.1 Å². The number of epoxide rings is 1. The van der Waals surface area contributed by atoms with Gasteiger partial charge in [-0.3, -0.25) is 24.3 Å². The van der Waals surface area contributed by atoms with E-state index in [0.29, 0.717) is 17.9 Å². The van der Waals surface area contributed by atoms with Gasteiger partial charge < -0.3 is 43.9 Å². The van der Waals surface area contributed by atoms with Crippen molar-refractivity contribution in [3.63, 3.8) is 0 Å². The molecule has 18 nitrogen and oxygen atoms in total. The maximum Gasteiger partial charge on any atom is 0.409 e. The van der Waals surface area contributed by atoms with E-state index in [4.69, 9.17) is 35.3 Å². The number of hydrogen-bond donors (Lipinski definition) is 4. The number of likely N-dealkylation sites (N-methyl/N-ethyl adjacent to an activating group) is 1. The number of carbonyl (C=O) groups is 5. The van der Waals surface area contributed by atoms with Gasteiger partial charge in [0.2, 0.25) is 17.7 Å². The molecule has 4 amide bonds. The number of amides is 4. The van der Waals surface area contributed by atoms with Crippen LogP contribution in [0.4, 0.5) is 10.5 Å². The third-order valence-electron chi connectivity index (χ3n) is 11.4. The zero-order valence-electron chi connectivity index (χ0n) is 36.2. The first-order valence-electron chi connectivity index (χ1n) is 19.8. The first-order valence-corrected chi connectivity index (χ1v) is 24.1. The third kappa shape index (κ3) is 12.4. The standard InChI is InChI=1S/C40H57ClN4O14S3/c1-22-11-10-12-30(56-9)40(51)21-28(57-38(50)43-40)23(2)35-39(4,59-35)31(20-33(47)45(7)26-18-25(17-22)19-27(55-8)34(26)41)58-37(49)24(3)44(6)32(46)14-16-61-60-15-13-29(36(48)42-5)62(52,53)54/h10-12,18-19,23-24,28-31,35,51H,13-17,20-21H2,1-9H3,(H,42,48)(H,43,50)(H,52,53,54)/b12-10+,22-11+/t23-,24+,28+,29?,30-,31+,35+,39+,40+/m1/s1. The maximum atomic E-state index is 14.2. The molecule has 4 rings (SSSR count). The lowest BCUT2D eigenvalue weighted by molar-refractivity contribution is -0.162. The summed E-state index contributed by atoms with van der Waals surface area (Å²) >= 11 is 6.77. The fraction of sp³-hybridized carbons (Fsp3) is 0.625. The fourth-order valence-corrected chi connectivity index (χ4v) is 10.7. The number of anilines is 1. The summed E-state index contributed by atoms with van der Waals surface area (Å²) in [6, 6.07) is 2.41. The maximum absolute atomic E-state index is 14.2. The molecule has 3 aliphatic rings. The highest BCUT2D eigenvalue weighted by molar-refractivity contribution is 8.76. The van der Waals surface area contributed by atoms with Crippen molar-refractivity contribution in [2.24, 2.45) is 5.92 Å². The lowest BCUT2D eigenvalue weighted by Crippen LogP contribution is -2.63. The molecule has 3 aliphatic heterocycles. The Morgan fingerprint density at radius 2 is 1.87 bits per heavy atom. The number of benzene rings is 1. The van der Waals surface area contributed by atoms with Gasteiger partial charge in [-0.15, -0.1) is 0 Å². The first kappa shape index (κ1) is 51.1. The molecule has 0 spiro atoms. The van der Waals surface area contributed by atoms with E-state index in [1.54, 1.807) is 38.1 Å². The predicted molar refractivity (Wildman–Crippen MR) is 235 cm³/mol. The molecule has 62 heavy (non-hydrogen) atoms. The van der Waals surface area contributed by atoms with E-state index >= 15 is 0 Å². The minimum atomic E-state index is -4.60. The molecular weight excluding hydrogens is 892 g/mol. The van der Waals surface area contributed by atoms with Crippen molar-refractivity contribution in [3.8, 4) is 5.75 Å². The lowest BCUT2D eigenvalue weighted by atomic mass is 9.83. The Balaban J connectivity index is 1.57. The fourth-order valence-electron chi connectivity index (χ4n) is 7.37. The zero-order chi connectivity index (χ0) is 46.3. The smallest absolute Gasteiger partial charge is 0.409 e. The average molecular weight is 950 g/mol. The SMILES string of the molecule is CNC(=O)C(CCSSCCC(=O)N(C)[C@@H](C)C(=O)O[C@H]1CC(=O)N(C)c2cc(cc(OC)c2Cl)C/C(C)=C/C=C/[C@@H](OC)[C@@]2(O)C[C@H](OC(=O)N2)[C@@H](C)[C@@H]2O[C@@]12C)S(=O)(=O)O. The largest absolute Gasteiger partial charge is 0.495 e. The number of methoxy groups -OCH3 is 2. The lowest BCUT2D eigenvalue weighted by Gasteiger charge is -2.42. The van der Waals surface area contributed by atoms with E-state index < -0.39 is 92.9 Å². The first-order chi connectivity index (χ1) is 29.0. The predicted octanol–water partition coefficient (Wildman–Crippen LogP) is 3.68. The summed E-state index contributed by atoms with van der Waals surface area (Å²) in [5, 5.41) is 15.0. The molecule has 1 aromatic carbocycles. The summed E-state index contributed by atoms with van der Waals surface area (Å²) in [4.78, 5) is 68.7. The number of esters is 1. The molecule has 4 bridgehead atoms. The van der Waals surface area contributed by atoms with Crippen molar-refractivity contribution in [1.82, 2.24) is 15.5 Å². The van der Waals surface area contributed by atoms with E-state index in [0.717, 1.165) is 11.1 Å². The van der Waals surface area contributed by atoms with Gasteiger partial charge in [0, 0.05) is 58.5 Å². The van der Waals surface area contributed by atoms with Gasteiger partial charge in [0.15, 0.2) is 11.0 Å². The third-order valence-corrected chi connectivity index (χ3v) is 15.4. The molecular formula is C40H57ClN4O14S3. The number of hydrogen-bond acceptors (Lipinski definition) is 15. The van der Waals surface area contributed by atoms with Crippen molar-refractivity contribution >= 4 is 78.8 Å². The van der Waals surface area contributed by atoms with Crippen LogP contribution in [0.1, 0.15) is 58.9 Å². The zero-order valence-corrected chi connectivity index (χ0v) is 39.4. The van der Waals surface area contributed by atoms with Gasteiger partial charge >= 0.3 is 12.1 Å². The van der Waals surface area contributed by atoms with Crippen LogP contribution in [0.3, 0.4) is 0 Å². The Labute approximate surface area is 375 Å². The van der Waals surface area contributed by atoms with Gasteiger partial charge in [-0.1, -0.05) is 63.9 Å². The number of allylic oxidation sites excluding steroid dienone is 3. The van der Waals surface area contributed by atoms with Gasteiger partial charge in [-0.2, -0.15) is 8.42 Å². The molecule has 1 aromatic rings. The summed E-state index contributed by atoms with van der Waals surface area (Å²) in [6.07, 6.45) is 0.261. The minimum absolute atomic E-state index is 0.00425. The molecule has 0 aromatic heterocycles. The van der Waals surface area contributed by atoms with E-state index in [2.05, 4.69) is 10.6 Å². The van der Waals surface area contributed by atoms with Crippen LogP contribution in [0.15, 0.2) is 35.9 Å². The van der Waals surface area contributed by atoms with Crippen molar-refractivity contribution in [2.75, 3.05) is 51.8 Å². The molecule has 346 valence electrons. The number of rotatable bonds is 14. The van der Waals surface area contributed by atoms with Crippen molar-refractivity contribution < 1.29 is 65.7 Å². The second-order valence-electron chi connectivity index (χ2n) is 15.7. The van der Waals surface area contributed by atoms with Gasteiger partial charge in [-0.25, -0.2) is 9.59 Å². The summed E-state index contributed by atoms with van der Waals surface area (Å²) in [7, 11) is 4.98. The van der Waals surface area contributed by atoms with E-state index in [1.165, 1.54) is 73.7 Å². The summed E-state index contributed by atoms with van der Waals surface area (Å²) < 4.78 is 61.7. The monoisotopic (exact) mass is 948 g/mol. The average Bonchev–Trinajstić information content (AvgIpc) is 3.91. The van der Waals surface area contributed by atoms with Crippen LogP contribution < -0.4 is 20.3 Å². The second kappa shape index (κ2) is 21.4. The van der Waals surface area contributed by atoms with Crippen LogP contribution in [0, 0.1) is 5.92 Å². The van der Waals surface area contributed by atoms with Crippen LogP contribution >= 0.6 is 33.2 Å². The van der Waals surface area contributed by atoms with Gasteiger partial charge in [-0.05, 0) is 51.3 Å². The molecule has 1 unspecified atom stereocenters. The molecule has 0 aliphatic carbocycles. The van der Waals surface area contributed by atoms with E-state index in [9.17, 15) is 42.0 Å². The molecule has 4 N–H and O–H groups in total. The van der Waals surface area contributed by atoms with Gasteiger partial charge in [0.1, 0.15) is 40.7 Å². The second-order valence-corrected chi connectivity index (χ2v) is 20.4. The number of fused-ring (bicyclic) bond motifs is 5. The Morgan fingerprint density at radius 3 is 2.50 bits per heavy atom. The molecule has 0 saturated carbocycles. The highest BCUT2D eigenvalue weighted by Gasteiger charge is 2.64. The number of ether oxygens (including phenoxy) is 5. The number of carbonyl (C=O) groups excluding carboxylic acids is 5. The van der Waals surface area contributed by atoms with Crippen molar-refractivity contribution in [2.45, 2.75) is 107 Å². The molecule has 9 atom stereocenters. The number of aliphatic hydroxyl groups is 1. The molecule has 2 fully saturated rings. The highest BCUT2D eigenvalue weighted by atomic mass is 35.5. The summed E-state index contributed by atoms with van der Waals surface area (Å²) in [5.74, 6) is -2.33. The Morgan fingerprint density at radius 1 is 1.19 bits per heavy atom. The Hall–Kier alpha value is -3.57. The van der Waals surface area contributed by atoms with Crippen LogP contribution in [0.2, 0.25) is 5.02 Å². The van der Waals surface area contributed by atoms with E-state index in [1.807, 2.05) is 13.0 Å². The minimum Gasteiger partial charge on any atom is -0.495 e. The quantitative estimate of drug-likeness (QED) is 0.0684. The summed E-state index contributed by atoms with van der Waals surface area (Å²) in [6.45, 7) is 6.81. The van der Waals surface area contributed by atoms with E-state index in [-0.39, 0.29) is 42.2 Å². The van der Waals surface area contributed by atoms with Crippen LogP contribution in [0.25, 0.3) is 0 Å². The van der Waals surface area contributed by atoms with Crippen molar-refractivity contribution in [3.05, 3.63) is 46.5 Å². The molecule has 3 heterocycles. The number of halogens is 1. The van der Waals surface area contributed by atoms with Crippen LogP contribution in [-0.2, 0) is 54.7 Å². The molecule has 22 heteroatoms. The normalized spacial score (nSPS) is 29.1. The Kier molecular flexibility index (Phi) is 17.6. The molecule has 0 radical (unpaired) electrons. The summed E-state index contributed by atoms with van der Waals surface area (Å²) in [5.41, 5.74) is -1.16. The molecule has 2 saturated heterocycles. The van der Waals surface area contributed by atoms with Gasteiger partial charge in [0.05, 0.1) is 25.3 Å². The Bertz CT molecular complexity index is 2020. The number of nitrogens with zero attached hydrogens (tertiary/aromatic N) is 2. The van der Waals surface area contributed by atoms with Crippen molar-refractivity contribution in [1.29, 1.82) is 0 Å². The topological polar surface area (TPSA) is 240 Å². The number of alkyl carbamates (subject to hydrolysis) is 1. The number of nitrogens with one attached hydrogen (secondary N) is 2.